The molecule has 0 saturated carbocycles. The molecule has 114 valence electrons. The summed E-state index contributed by atoms with van der Waals surface area (Å²) in [5.74, 6) is -0.117. The molecule has 1 fully saturated rings. The van der Waals surface area contributed by atoms with Gasteiger partial charge in [-0.2, -0.15) is 0 Å². The molecule has 0 aliphatic carbocycles. The monoisotopic (exact) mass is 293 g/mol. The number of piperidine rings is 1. The first kappa shape index (κ1) is 15.2. The van der Waals surface area contributed by atoms with Gasteiger partial charge in [0, 0.05) is 24.7 Å². The second kappa shape index (κ2) is 7.03. The number of rotatable bonds is 5. The summed E-state index contributed by atoms with van der Waals surface area (Å²) in [5.41, 5.74) is 0.0852. The van der Waals surface area contributed by atoms with Crippen molar-refractivity contribution in [2.24, 2.45) is 0 Å². The first-order chi connectivity index (χ1) is 10.1. The van der Waals surface area contributed by atoms with Crippen LogP contribution >= 0.6 is 0 Å². The molecule has 1 aromatic rings. The number of hydrogen-bond acceptors (Lipinski definition) is 5. The van der Waals surface area contributed by atoms with Crippen LogP contribution in [-0.4, -0.2) is 36.6 Å². The Morgan fingerprint density at radius 2 is 2.38 bits per heavy atom. The second-order valence-corrected chi connectivity index (χ2v) is 4.89. The Labute approximate surface area is 122 Å². The van der Waals surface area contributed by atoms with Gasteiger partial charge in [-0.1, -0.05) is 0 Å². The van der Waals surface area contributed by atoms with Crippen LogP contribution in [0.4, 0.5) is 5.69 Å². The van der Waals surface area contributed by atoms with Crippen LogP contribution in [-0.2, 0) is 0 Å². The summed E-state index contributed by atoms with van der Waals surface area (Å²) in [6.45, 7) is 3.88. The SMILES string of the molecule is CCNC(=O)c1ccc(O[C@H]2CCCNC2)c([N+](=O)[O-])c1. The first-order valence-corrected chi connectivity index (χ1v) is 7.06. The van der Waals surface area contributed by atoms with Crippen molar-refractivity contribution in [3.05, 3.63) is 33.9 Å². The fourth-order valence-electron chi connectivity index (χ4n) is 2.26. The van der Waals surface area contributed by atoms with Gasteiger partial charge in [-0.3, -0.25) is 14.9 Å². The Bertz CT molecular complexity index is 527. The predicted octanol–water partition coefficient (Wildman–Crippen LogP) is 1.48. The van der Waals surface area contributed by atoms with E-state index in [4.69, 9.17) is 4.74 Å². The molecule has 0 unspecified atom stereocenters. The van der Waals surface area contributed by atoms with E-state index in [1.54, 1.807) is 13.0 Å². The lowest BCUT2D eigenvalue weighted by Gasteiger charge is -2.23. The van der Waals surface area contributed by atoms with Crippen LogP contribution in [0, 0.1) is 10.1 Å². The highest BCUT2D eigenvalue weighted by Gasteiger charge is 2.22. The van der Waals surface area contributed by atoms with E-state index in [0.29, 0.717) is 13.1 Å². The lowest BCUT2D eigenvalue weighted by atomic mass is 10.1. The van der Waals surface area contributed by atoms with Gasteiger partial charge in [-0.25, -0.2) is 0 Å². The van der Waals surface area contributed by atoms with Crippen LogP contribution in [0.3, 0.4) is 0 Å². The van der Waals surface area contributed by atoms with Crippen LogP contribution in [0.5, 0.6) is 5.75 Å². The lowest BCUT2D eigenvalue weighted by molar-refractivity contribution is -0.386. The maximum absolute atomic E-state index is 11.7. The van der Waals surface area contributed by atoms with Gasteiger partial charge < -0.3 is 15.4 Å². The van der Waals surface area contributed by atoms with E-state index in [1.807, 2.05) is 0 Å². The maximum Gasteiger partial charge on any atom is 0.311 e. The molecule has 1 saturated heterocycles. The van der Waals surface area contributed by atoms with E-state index in [0.717, 1.165) is 19.4 Å². The zero-order chi connectivity index (χ0) is 15.2. The average molecular weight is 293 g/mol. The largest absolute Gasteiger partial charge is 0.482 e. The minimum Gasteiger partial charge on any atom is -0.482 e. The second-order valence-electron chi connectivity index (χ2n) is 4.89. The molecule has 0 aromatic heterocycles. The fraction of sp³-hybridized carbons (Fsp3) is 0.500. The summed E-state index contributed by atoms with van der Waals surface area (Å²) in [4.78, 5) is 22.4. The molecule has 1 aliphatic rings. The predicted molar refractivity (Wildman–Crippen MR) is 77.6 cm³/mol. The summed E-state index contributed by atoms with van der Waals surface area (Å²) in [6, 6.07) is 4.30. The van der Waals surface area contributed by atoms with Crippen molar-refractivity contribution in [2.45, 2.75) is 25.9 Å². The van der Waals surface area contributed by atoms with E-state index < -0.39 is 4.92 Å². The van der Waals surface area contributed by atoms with Crippen molar-refractivity contribution in [2.75, 3.05) is 19.6 Å². The highest BCUT2D eigenvalue weighted by Crippen LogP contribution is 2.29. The van der Waals surface area contributed by atoms with Crippen LogP contribution < -0.4 is 15.4 Å². The van der Waals surface area contributed by atoms with Crippen molar-refractivity contribution in [3.63, 3.8) is 0 Å². The molecule has 2 N–H and O–H groups in total. The summed E-state index contributed by atoms with van der Waals surface area (Å²) in [5, 5.41) is 17.0. The number of ether oxygens (including phenoxy) is 1. The summed E-state index contributed by atoms with van der Waals surface area (Å²) in [6.07, 6.45) is 1.77. The smallest absolute Gasteiger partial charge is 0.311 e. The summed E-state index contributed by atoms with van der Waals surface area (Å²) >= 11 is 0. The van der Waals surface area contributed by atoms with Gasteiger partial charge in [0.25, 0.3) is 5.91 Å². The van der Waals surface area contributed by atoms with Crippen LogP contribution in [0.1, 0.15) is 30.1 Å². The fourth-order valence-corrected chi connectivity index (χ4v) is 2.26. The molecule has 7 nitrogen and oxygen atoms in total. The highest BCUT2D eigenvalue weighted by molar-refractivity contribution is 5.95. The minimum absolute atomic E-state index is 0.0761. The Morgan fingerprint density at radius 3 is 3.00 bits per heavy atom. The maximum atomic E-state index is 11.7. The zero-order valence-corrected chi connectivity index (χ0v) is 11.9. The number of benzene rings is 1. The van der Waals surface area contributed by atoms with Crippen LogP contribution in [0.15, 0.2) is 18.2 Å². The number of nitro groups is 1. The Morgan fingerprint density at radius 1 is 1.57 bits per heavy atom. The van der Waals surface area contributed by atoms with Crippen molar-refractivity contribution < 1.29 is 14.5 Å². The topological polar surface area (TPSA) is 93.5 Å². The first-order valence-electron chi connectivity index (χ1n) is 7.06. The van der Waals surface area contributed by atoms with Gasteiger partial charge in [0.1, 0.15) is 6.10 Å². The van der Waals surface area contributed by atoms with E-state index in [-0.39, 0.29) is 29.0 Å². The molecule has 1 atom stereocenters. The molecule has 0 spiro atoms. The Hall–Kier alpha value is -2.15. The van der Waals surface area contributed by atoms with Crippen molar-refractivity contribution in [1.82, 2.24) is 10.6 Å². The average Bonchev–Trinajstić information content (AvgIpc) is 2.48. The molecule has 1 amide bonds. The third kappa shape index (κ3) is 3.91. The number of carbonyl (C=O) groups is 1. The van der Waals surface area contributed by atoms with E-state index >= 15 is 0 Å². The quantitative estimate of drug-likeness (QED) is 0.633. The number of nitro benzene ring substituents is 1. The van der Waals surface area contributed by atoms with Gasteiger partial charge in [-0.15, -0.1) is 0 Å². The van der Waals surface area contributed by atoms with Crippen molar-refractivity contribution in [1.29, 1.82) is 0 Å². The summed E-state index contributed by atoms with van der Waals surface area (Å²) in [7, 11) is 0. The summed E-state index contributed by atoms with van der Waals surface area (Å²) < 4.78 is 5.71. The number of amides is 1. The number of nitrogens with one attached hydrogen (secondary N) is 2. The molecule has 2 rings (SSSR count). The molecule has 21 heavy (non-hydrogen) atoms. The normalized spacial score (nSPS) is 18.0. The molecule has 0 radical (unpaired) electrons. The van der Waals surface area contributed by atoms with Gasteiger partial charge in [0.05, 0.1) is 4.92 Å². The van der Waals surface area contributed by atoms with Gasteiger partial charge in [-0.05, 0) is 38.4 Å². The Kier molecular flexibility index (Phi) is 5.10. The molecule has 1 aromatic carbocycles. The Balaban J connectivity index is 2.20. The van der Waals surface area contributed by atoms with Gasteiger partial charge in [0.15, 0.2) is 5.75 Å². The standard InChI is InChI=1S/C14H19N3O4/c1-2-16-14(18)10-5-6-13(12(8-10)17(19)20)21-11-4-3-7-15-9-11/h5-6,8,11,15H,2-4,7,9H2,1H3,(H,16,18)/t11-/m0/s1. The highest BCUT2D eigenvalue weighted by atomic mass is 16.6. The number of hydrogen-bond donors (Lipinski definition) is 2. The number of nitrogens with zero attached hydrogens (tertiary/aromatic N) is 1. The van der Waals surface area contributed by atoms with Crippen molar-refractivity contribution in [3.8, 4) is 5.75 Å². The molecular formula is C14H19N3O4. The van der Waals surface area contributed by atoms with Gasteiger partial charge in [0.2, 0.25) is 0 Å². The third-order valence-corrected chi connectivity index (χ3v) is 3.30. The molecular weight excluding hydrogens is 274 g/mol. The van der Waals surface area contributed by atoms with Crippen molar-refractivity contribution >= 4 is 11.6 Å². The minimum atomic E-state index is -0.520. The zero-order valence-electron chi connectivity index (χ0n) is 11.9. The number of carbonyl (C=O) groups excluding carboxylic acids is 1. The molecule has 1 aliphatic heterocycles. The van der Waals surface area contributed by atoms with E-state index in [9.17, 15) is 14.9 Å². The van der Waals surface area contributed by atoms with Crippen LogP contribution in [0.25, 0.3) is 0 Å². The third-order valence-electron chi connectivity index (χ3n) is 3.30. The van der Waals surface area contributed by atoms with Gasteiger partial charge >= 0.3 is 5.69 Å². The van der Waals surface area contributed by atoms with E-state index in [1.165, 1.54) is 12.1 Å². The lowest BCUT2D eigenvalue weighted by Crippen LogP contribution is -2.37. The molecule has 1 heterocycles. The van der Waals surface area contributed by atoms with Crippen LogP contribution in [0.2, 0.25) is 0 Å². The van der Waals surface area contributed by atoms with E-state index in [2.05, 4.69) is 10.6 Å². The molecule has 7 heteroatoms. The molecule has 0 bridgehead atoms.